The zero-order chi connectivity index (χ0) is 46.4. The number of phosphoric ester groups is 1. The average Bonchev–Trinajstić information content (AvgIpc) is 3.24. The Bertz CT molecular complexity index is 1080. The molecule has 0 heterocycles. The molecule has 1 amide bonds. The number of likely N-dealkylation sites (N-methyl/N-ethyl adjacent to an activating group) is 1. The van der Waals surface area contributed by atoms with Crippen LogP contribution in [0.15, 0.2) is 24.3 Å². The number of aliphatic hydroxyl groups excluding tert-OH is 1. The highest BCUT2D eigenvalue weighted by atomic mass is 31.2. The van der Waals surface area contributed by atoms with Crippen LogP contribution in [0.25, 0.3) is 0 Å². The summed E-state index contributed by atoms with van der Waals surface area (Å²) in [6, 6.07) is -0.887. The van der Waals surface area contributed by atoms with Gasteiger partial charge in [-0.25, -0.2) is 0 Å². The van der Waals surface area contributed by atoms with E-state index in [0.29, 0.717) is 17.4 Å². The van der Waals surface area contributed by atoms with E-state index in [1.807, 2.05) is 27.2 Å². The van der Waals surface area contributed by atoms with E-state index in [9.17, 15) is 19.4 Å². The zero-order valence-electron chi connectivity index (χ0n) is 42.5. The van der Waals surface area contributed by atoms with Crippen LogP contribution in [-0.2, 0) is 18.4 Å². The maximum absolute atomic E-state index is 12.9. The number of aliphatic hydroxyl groups is 1. The third kappa shape index (κ3) is 48.7. The molecule has 0 aromatic rings. The van der Waals surface area contributed by atoms with E-state index < -0.39 is 20.0 Å². The van der Waals surface area contributed by atoms with Gasteiger partial charge >= 0.3 is 0 Å². The van der Waals surface area contributed by atoms with Crippen LogP contribution in [0.4, 0.5) is 0 Å². The first-order chi connectivity index (χ1) is 30.5. The van der Waals surface area contributed by atoms with Crippen LogP contribution in [-0.4, -0.2) is 68.5 Å². The van der Waals surface area contributed by atoms with E-state index in [4.69, 9.17) is 9.05 Å². The molecule has 0 aromatic carbocycles. The number of nitrogens with one attached hydrogen (secondary N) is 1. The number of unbranched alkanes of at least 4 members (excludes halogenated alkanes) is 35. The Hall–Kier alpha value is -1.02. The lowest BCUT2D eigenvalue weighted by molar-refractivity contribution is -0.870. The molecular weight excluding hydrogens is 804 g/mol. The number of allylic oxidation sites excluding steroid dienone is 3. The van der Waals surface area contributed by atoms with Crippen molar-refractivity contribution in [1.29, 1.82) is 0 Å². The standard InChI is InChI=1S/C54H107N2O6P/c1-6-8-10-12-14-16-18-20-22-24-26-28-30-32-34-36-38-40-42-44-46-48-54(58)55-52(51-62-63(59,60)61-50-49-56(3,4)5)53(57)47-45-43-41-39-37-35-33-31-29-27-25-23-21-19-17-15-13-11-9-7-2/h28,30,45,47,52-53,57H,6-27,29,31-44,46,48-51H2,1-5H3,(H-,55,58,59,60)/b30-28-,47-45+. The fraction of sp³-hybridized carbons (Fsp3) is 0.907. The largest absolute Gasteiger partial charge is 0.756 e. The van der Waals surface area contributed by atoms with Crippen LogP contribution < -0.4 is 10.2 Å². The SMILES string of the molecule is CCCCCCCCCCCC/C=C\CCCCCCCCCC(=O)NC(COP(=O)([O-])OCC[N+](C)(C)C)C(O)/C=C/CCCCCCCCCCCCCCCCCCCC. The third-order valence-electron chi connectivity index (χ3n) is 12.4. The Kier molecular flexibility index (Phi) is 45.4. The van der Waals surface area contributed by atoms with Gasteiger partial charge in [0.15, 0.2) is 0 Å². The van der Waals surface area contributed by atoms with Gasteiger partial charge in [0, 0.05) is 6.42 Å². The van der Waals surface area contributed by atoms with Crippen molar-refractivity contribution < 1.29 is 32.9 Å². The Morgan fingerprint density at radius 2 is 0.873 bits per heavy atom. The van der Waals surface area contributed by atoms with Gasteiger partial charge in [0.2, 0.25) is 5.91 Å². The molecule has 0 spiro atoms. The molecule has 0 rings (SSSR count). The van der Waals surface area contributed by atoms with Gasteiger partial charge in [-0.1, -0.05) is 237 Å². The number of phosphoric acid groups is 1. The number of hydrogen-bond donors (Lipinski definition) is 2. The van der Waals surface area contributed by atoms with Crippen LogP contribution in [0.3, 0.4) is 0 Å². The van der Waals surface area contributed by atoms with E-state index in [1.165, 1.54) is 205 Å². The van der Waals surface area contributed by atoms with E-state index >= 15 is 0 Å². The second-order valence-electron chi connectivity index (χ2n) is 19.9. The molecule has 3 unspecified atom stereocenters. The van der Waals surface area contributed by atoms with E-state index in [2.05, 4.69) is 31.3 Å². The molecule has 0 aliphatic rings. The number of nitrogens with zero attached hydrogens (tertiary/aromatic N) is 1. The van der Waals surface area contributed by atoms with Crippen molar-refractivity contribution in [3.63, 3.8) is 0 Å². The third-order valence-corrected chi connectivity index (χ3v) is 13.4. The fourth-order valence-corrected chi connectivity index (χ4v) is 8.81. The van der Waals surface area contributed by atoms with Crippen molar-refractivity contribution in [1.82, 2.24) is 5.32 Å². The van der Waals surface area contributed by atoms with Crippen molar-refractivity contribution in [2.24, 2.45) is 0 Å². The minimum absolute atomic E-state index is 0.000313. The Morgan fingerprint density at radius 1 is 0.540 bits per heavy atom. The van der Waals surface area contributed by atoms with Crippen molar-refractivity contribution >= 4 is 13.7 Å². The monoisotopic (exact) mass is 911 g/mol. The molecule has 0 aliphatic heterocycles. The number of hydrogen-bond acceptors (Lipinski definition) is 6. The Balaban J connectivity index is 4.27. The molecule has 0 radical (unpaired) electrons. The van der Waals surface area contributed by atoms with Crippen molar-refractivity contribution in [3.8, 4) is 0 Å². The quantitative estimate of drug-likeness (QED) is 0.0272. The van der Waals surface area contributed by atoms with Gasteiger partial charge in [-0.2, -0.15) is 0 Å². The summed E-state index contributed by atoms with van der Waals surface area (Å²) in [5.74, 6) is -0.198. The average molecular weight is 911 g/mol. The smallest absolute Gasteiger partial charge is 0.268 e. The first-order valence-electron chi connectivity index (χ1n) is 27.2. The molecule has 0 bridgehead atoms. The fourth-order valence-electron chi connectivity index (χ4n) is 8.09. The number of quaternary nitrogens is 1. The Labute approximate surface area is 392 Å². The molecular formula is C54H107N2O6P. The van der Waals surface area contributed by atoms with Crippen molar-refractivity contribution in [3.05, 3.63) is 24.3 Å². The molecule has 63 heavy (non-hydrogen) atoms. The van der Waals surface area contributed by atoms with E-state index in [1.54, 1.807) is 6.08 Å². The minimum Gasteiger partial charge on any atom is -0.756 e. The van der Waals surface area contributed by atoms with Crippen LogP contribution in [0.2, 0.25) is 0 Å². The van der Waals surface area contributed by atoms with E-state index in [0.717, 1.165) is 38.5 Å². The lowest BCUT2D eigenvalue weighted by Gasteiger charge is -2.29. The summed E-state index contributed by atoms with van der Waals surface area (Å²) in [6.45, 7) is 4.68. The van der Waals surface area contributed by atoms with E-state index in [-0.39, 0.29) is 19.1 Å². The van der Waals surface area contributed by atoms with Crippen LogP contribution in [0.5, 0.6) is 0 Å². The van der Waals surface area contributed by atoms with Crippen LogP contribution in [0.1, 0.15) is 264 Å². The maximum Gasteiger partial charge on any atom is 0.268 e. The second kappa shape index (κ2) is 46.1. The summed E-state index contributed by atoms with van der Waals surface area (Å²) < 4.78 is 23.3. The molecule has 0 saturated carbocycles. The summed E-state index contributed by atoms with van der Waals surface area (Å²) in [4.78, 5) is 25.4. The summed E-state index contributed by atoms with van der Waals surface area (Å²) in [5, 5.41) is 13.9. The molecule has 0 aliphatic carbocycles. The first kappa shape index (κ1) is 62.0. The lowest BCUT2D eigenvalue weighted by atomic mass is 10.0. The summed E-state index contributed by atoms with van der Waals surface area (Å²) in [6.07, 6.45) is 56.6. The summed E-state index contributed by atoms with van der Waals surface area (Å²) >= 11 is 0. The van der Waals surface area contributed by atoms with Gasteiger partial charge in [-0.15, -0.1) is 0 Å². The molecule has 0 fully saturated rings. The normalized spacial score (nSPS) is 14.2. The molecule has 0 aromatic heterocycles. The van der Waals surface area contributed by atoms with Gasteiger partial charge in [0.25, 0.3) is 7.82 Å². The molecule has 9 heteroatoms. The highest BCUT2D eigenvalue weighted by Crippen LogP contribution is 2.38. The van der Waals surface area contributed by atoms with Gasteiger partial charge in [0.05, 0.1) is 39.9 Å². The zero-order valence-corrected chi connectivity index (χ0v) is 43.4. The Morgan fingerprint density at radius 3 is 1.24 bits per heavy atom. The molecule has 8 nitrogen and oxygen atoms in total. The van der Waals surface area contributed by atoms with Gasteiger partial charge in [-0.3, -0.25) is 9.36 Å². The summed E-state index contributed by atoms with van der Waals surface area (Å²) in [7, 11) is 1.27. The number of amides is 1. The predicted molar refractivity (Wildman–Crippen MR) is 270 cm³/mol. The molecule has 2 N–H and O–H groups in total. The molecule has 0 saturated heterocycles. The maximum atomic E-state index is 12.9. The van der Waals surface area contributed by atoms with Crippen molar-refractivity contribution in [2.75, 3.05) is 40.9 Å². The number of carbonyl (C=O) groups is 1. The summed E-state index contributed by atoms with van der Waals surface area (Å²) in [5.41, 5.74) is 0. The second-order valence-corrected chi connectivity index (χ2v) is 21.3. The number of carbonyl (C=O) groups excluding carboxylic acids is 1. The highest BCUT2D eigenvalue weighted by Gasteiger charge is 2.23. The number of rotatable bonds is 50. The van der Waals surface area contributed by atoms with Crippen molar-refractivity contribution in [2.45, 2.75) is 276 Å². The van der Waals surface area contributed by atoms with Gasteiger partial charge in [0.1, 0.15) is 13.2 Å². The first-order valence-corrected chi connectivity index (χ1v) is 28.7. The highest BCUT2D eigenvalue weighted by molar-refractivity contribution is 7.45. The lowest BCUT2D eigenvalue weighted by Crippen LogP contribution is -2.45. The molecule has 3 atom stereocenters. The predicted octanol–water partition coefficient (Wildman–Crippen LogP) is 15.4. The minimum atomic E-state index is -4.59. The van der Waals surface area contributed by atoms with Gasteiger partial charge in [-0.05, 0) is 44.9 Å². The van der Waals surface area contributed by atoms with Crippen LogP contribution in [0, 0.1) is 0 Å². The topological polar surface area (TPSA) is 108 Å². The molecule has 374 valence electrons. The van der Waals surface area contributed by atoms with Gasteiger partial charge < -0.3 is 28.8 Å². The van der Waals surface area contributed by atoms with Crippen LogP contribution >= 0.6 is 7.82 Å².